The molecule has 6 unspecified atom stereocenters. The van der Waals surface area contributed by atoms with Crippen LogP contribution in [0.15, 0.2) is 91.0 Å². The fourth-order valence-electron chi connectivity index (χ4n) is 11.1. The Balaban J connectivity index is 0.000000142. The van der Waals surface area contributed by atoms with E-state index in [0.29, 0.717) is 36.3 Å². The normalized spacial score (nSPS) is 30.1. The third-order valence-electron chi connectivity index (χ3n) is 15.0. The van der Waals surface area contributed by atoms with Crippen LogP contribution in [0.3, 0.4) is 0 Å². The summed E-state index contributed by atoms with van der Waals surface area (Å²) in [5.41, 5.74) is 2.46. The molecule has 0 saturated carbocycles. The van der Waals surface area contributed by atoms with Gasteiger partial charge in [0.2, 0.25) is 0 Å². The summed E-state index contributed by atoms with van der Waals surface area (Å²) in [6, 6.07) is 31.4. The zero-order valence-corrected chi connectivity index (χ0v) is 37.3. The van der Waals surface area contributed by atoms with Crippen molar-refractivity contribution in [3.8, 4) is 0 Å². The van der Waals surface area contributed by atoms with Crippen molar-refractivity contribution in [1.82, 2.24) is 14.7 Å². The summed E-state index contributed by atoms with van der Waals surface area (Å²) in [6.45, 7) is -0.618. The Morgan fingerprint density at radius 2 is 0.635 bits per heavy atom. The molecule has 0 amide bonds. The predicted molar refractivity (Wildman–Crippen MR) is 240 cm³/mol. The number of rotatable bonds is 12. The van der Waals surface area contributed by atoms with E-state index in [2.05, 4.69) is 35.8 Å². The van der Waals surface area contributed by atoms with Gasteiger partial charge in [0.25, 0.3) is 0 Å². The Labute approximate surface area is 373 Å². The summed E-state index contributed by atoms with van der Waals surface area (Å²) in [5.74, 6) is -2.58. The Morgan fingerprint density at radius 3 is 0.825 bits per heavy atom. The van der Waals surface area contributed by atoms with Crippen LogP contribution < -0.4 is 0 Å². The van der Waals surface area contributed by atoms with Gasteiger partial charge in [-0.2, -0.15) is 0 Å². The number of hydrogen-bond donors (Lipinski definition) is 3. The Kier molecular flexibility index (Phi) is 16.5. The molecule has 12 atom stereocenters. The summed E-state index contributed by atoms with van der Waals surface area (Å²) in [6.07, 6.45) is 12.8. The van der Waals surface area contributed by atoms with Gasteiger partial charge in [0, 0.05) is 36.3 Å². The fourth-order valence-corrected chi connectivity index (χ4v) is 11.1. The molecule has 3 aromatic rings. The summed E-state index contributed by atoms with van der Waals surface area (Å²) in [7, 11) is 6.50. The van der Waals surface area contributed by atoms with E-state index in [-0.39, 0.29) is 56.0 Å². The van der Waals surface area contributed by atoms with E-state index in [1.807, 2.05) is 91.0 Å². The quantitative estimate of drug-likeness (QED) is 0.150. The maximum atomic E-state index is 12.4. The maximum absolute atomic E-state index is 12.4. The highest BCUT2D eigenvalue weighted by molar-refractivity contribution is 5.79. The monoisotopic (exact) mass is 868 g/mol. The third-order valence-corrected chi connectivity index (χ3v) is 15.0. The van der Waals surface area contributed by atoms with Gasteiger partial charge in [-0.15, -0.1) is 0 Å². The summed E-state index contributed by atoms with van der Waals surface area (Å²) in [5, 5.41) is 28.6. The second-order valence-corrected chi connectivity index (χ2v) is 18.7. The second kappa shape index (κ2) is 22.1. The van der Waals surface area contributed by atoms with Crippen molar-refractivity contribution in [1.29, 1.82) is 0 Å². The molecule has 0 aliphatic carbocycles. The molecule has 6 aliphatic rings. The Hall–Kier alpha value is -4.17. The van der Waals surface area contributed by atoms with Gasteiger partial charge < -0.3 is 44.2 Å². The van der Waals surface area contributed by atoms with E-state index in [1.54, 1.807) is 0 Å². The van der Waals surface area contributed by atoms with Crippen LogP contribution in [0.4, 0.5) is 0 Å². The molecule has 0 radical (unpaired) electrons. The van der Waals surface area contributed by atoms with Gasteiger partial charge in [0.15, 0.2) is 0 Å². The highest BCUT2D eigenvalue weighted by atomic mass is 16.6. The van der Waals surface area contributed by atoms with Crippen molar-refractivity contribution >= 4 is 17.9 Å². The van der Waals surface area contributed by atoms with Gasteiger partial charge in [0.05, 0.1) is 19.8 Å². The molecule has 12 nitrogen and oxygen atoms in total. The lowest BCUT2D eigenvalue weighted by Crippen LogP contribution is -2.43. The molecule has 9 rings (SSSR count). The average molecular weight is 868 g/mol. The summed E-state index contributed by atoms with van der Waals surface area (Å²) in [4.78, 5) is 44.4. The lowest BCUT2D eigenvalue weighted by Gasteiger charge is -2.36. The molecule has 0 spiro atoms. The summed E-state index contributed by atoms with van der Waals surface area (Å²) >= 11 is 0. The van der Waals surface area contributed by atoms with Crippen LogP contribution in [-0.2, 0) is 28.6 Å². The number of ether oxygens (including phenoxy) is 3. The van der Waals surface area contributed by atoms with Crippen LogP contribution in [0.1, 0.15) is 111 Å². The van der Waals surface area contributed by atoms with Crippen molar-refractivity contribution in [2.45, 2.75) is 149 Å². The number of aliphatic hydroxyl groups is 3. The number of aliphatic hydroxyl groups excluding tert-OH is 3. The number of fused-ring (bicyclic) bond motifs is 6. The van der Waals surface area contributed by atoms with Crippen LogP contribution in [-0.4, -0.2) is 143 Å². The van der Waals surface area contributed by atoms with Crippen LogP contribution >= 0.6 is 0 Å². The highest BCUT2D eigenvalue weighted by Crippen LogP contribution is 2.38. The first kappa shape index (κ1) is 46.8. The predicted octanol–water partition coefficient (Wildman–Crippen LogP) is 5.79. The number of piperidine rings is 3. The molecule has 6 fully saturated rings. The van der Waals surface area contributed by atoms with Gasteiger partial charge in [-0.1, -0.05) is 91.0 Å². The third kappa shape index (κ3) is 11.6. The topological polar surface area (TPSA) is 149 Å². The molecule has 6 heterocycles. The lowest BCUT2D eigenvalue weighted by atomic mass is 9.98. The van der Waals surface area contributed by atoms with Gasteiger partial charge in [-0.3, -0.25) is 14.4 Å². The van der Waals surface area contributed by atoms with E-state index >= 15 is 0 Å². The number of esters is 3. The standard InChI is InChI=1S/3C17H23NO3/c3*1-18-13-7-8-14(18)10-15(9-13)21-17(20)16(11-19)12-5-3-2-4-6-12/h3*2-6,13-16,19H,7-11H2,1H3/t3*13-,14+,15?,16?. The van der Waals surface area contributed by atoms with E-state index in [1.165, 1.54) is 38.5 Å². The number of nitrogens with zero attached hydrogens (tertiary/aromatic N) is 3. The van der Waals surface area contributed by atoms with Crippen LogP contribution in [0, 0.1) is 0 Å². The van der Waals surface area contributed by atoms with Crippen molar-refractivity contribution < 1.29 is 43.9 Å². The van der Waals surface area contributed by atoms with Gasteiger partial charge in [-0.05, 0) is 115 Å². The van der Waals surface area contributed by atoms with Crippen LogP contribution in [0.5, 0.6) is 0 Å². The lowest BCUT2D eigenvalue weighted by molar-refractivity contribution is -0.156. The van der Waals surface area contributed by atoms with Crippen molar-refractivity contribution in [2.24, 2.45) is 0 Å². The van der Waals surface area contributed by atoms with E-state index in [4.69, 9.17) is 14.2 Å². The van der Waals surface area contributed by atoms with E-state index in [9.17, 15) is 29.7 Å². The van der Waals surface area contributed by atoms with Gasteiger partial charge in [-0.25, -0.2) is 0 Å². The molecule has 12 heteroatoms. The Morgan fingerprint density at radius 1 is 0.429 bits per heavy atom. The number of benzene rings is 3. The highest BCUT2D eigenvalue weighted by Gasteiger charge is 2.43. The first-order valence-electron chi connectivity index (χ1n) is 23.3. The fraction of sp³-hybridized carbons (Fsp3) is 0.588. The van der Waals surface area contributed by atoms with Crippen molar-refractivity contribution in [3.63, 3.8) is 0 Å². The maximum Gasteiger partial charge on any atom is 0.316 e. The number of carbonyl (C=O) groups is 3. The zero-order valence-electron chi connectivity index (χ0n) is 37.3. The van der Waals surface area contributed by atoms with E-state index < -0.39 is 17.8 Å². The molecule has 6 aliphatic heterocycles. The molecule has 0 aromatic heterocycles. The number of hydrogen-bond acceptors (Lipinski definition) is 12. The Bertz CT molecular complexity index is 1650. The molecule has 6 bridgehead atoms. The minimum Gasteiger partial charge on any atom is -0.462 e. The summed E-state index contributed by atoms with van der Waals surface area (Å²) < 4.78 is 17.1. The molecule has 6 saturated heterocycles. The average Bonchev–Trinajstić information content (AvgIpc) is 3.69. The molecule has 3 N–H and O–H groups in total. The minimum absolute atomic E-state index is 0.00367. The van der Waals surface area contributed by atoms with Crippen molar-refractivity contribution in [2.75, 3.05) is 41.0 Å². The van der Waals surface area contributed by atoms with Crippen LogP contribution in [0.25, 0.3) is 0 Å². The first-order valence-corrected chi connectivity index (χ1v) is 23.3. The molecule has 3 aromatic carbocycles. The van der Waals surface area contributed by atoms with Gasteiger partial charge >= 0.3 is 17.9 Å². The molecule has 342 valence electrons. The van der Waals surface area contributed by atoms with Crippen LogP contribution in [0.2, 0.25) is 0 Å². The minimum atomic E-state index is -0.566. The smallest absolute Gasteiger partial charge is 0.316 e. The molecular weight excluding hydrogens is 799 g/mol. The number of carbonyl (C=O) groups excluding carboxylic acids is 3. The zero-order chi connectivity index (χ0) is 44.5. The van der Waals surface area contributed by atoms with Crippen molar-refractivity contribution in [3.05, 3.63) is 108 Å². The van der Waals surface area contributed by atoms with Gasteiger partial charge in [0.1, 0.15) is 36.1 Å². The first-order chi connectivity index (χ1) is 30.6. The van der Waals surface area contributed by atoms with E-state index in [0.717, 1.165) is 55.2 Å². The SMILES string of the molecule is CN1[C@@H]2CC[C@H]1CC(OC(=O)C(CO)c1ccccc1)C2.CN1[C@@H]2CC[C@H]1CC(OC(=O)C(CO)c1ccccc1)C2.CN1[C@@H]2CC[C@H]1CC(OC(=O)C(CO)c1ccccc1)C2. The largest absolute Gasteiger partial charge is 0.462 e. The molecular formula is C51H69N3O9. The second-order valence-electron chi connectivity index (χ2n) is 18.7. The molecule has 63 heavy (non-hydrogen) atoms.